The van der Waals surface area contributed by atoms with E-state index < -0.39 is 0 Å². The molecule has 1 aromatic carbocycles. The highest BCUT2D eigenvalue weighted by Gasteiger charge is 2.14. The van der Waals surface area contributed by atoms with Gasteiger partial charge < -0.3 is 0 Å². The third-order valence-corrected chi connectivity index (χ3v) is 2.39. The second-order valence-electron chi connectivity index (χ2n) is 3.18. The van der Waals surface area contributed by atoms with Gasteiger partial charge in [-0.05, 0) is 18.2 Å². The van der Waals surface area contributed by atoms with Crippen molar-refractivity contribution in [1.29, 1.82) is 0 Å². The molecule has 0 unspecified atom stereocenters. The van der Waals surface area contributed by atoms with Crippen molar-refractivity contribution < 1.29 is 4.79 Å². The summed E-state index contributed by atoms with van der Waals surface area (Å²) in [5.74, 6) is -0.152. The van der Waals surface area contributed by atoms with Crippen LogP contribution < -0.4 is 0 Å². The van der Waals surface area contributed by atoms with Gasteiger partial charge in [0.25, 0.3) is 0 Å². The molecule has 0 saturated heterocycles. The number of aryl methyl sites for hydroxylation is 1. The van der Waals surface area contributed by atoms with Gasteiger partial charge in [0.15, 0.2) is 0 Å². The molecule has 0 atom stereocenters. The zero-order chi connectivity index (χ0) is 10.8. The van der Waals surface area contributed by atoms with E-state index in [1.165, 1.54) is 0 Å². The van der Waals surface area contributed by atoms with E-state index in [4.69, 9.17) is 11.6 Å². The molecule has 0 bridgehead atoms. The quantitative estimate of drug-likeness (QED) is 0.728. The number of carbonyl (C=O) groups is 1. The number of carbonyl (C=O) groups excluding carboxylic acids is 1. The molecule has 15 heavy (non-hydrogen) atoms. The molecular weight excluding hydrogens is 212 g/mol. The standard InChI is InChI=1S/C11H9ClN2O/c1-14-7-6-10(13-14)11(15)8-4-2-3-5-9(8)12/h2-7H,1H3. The molecular formula is C11H9ClN2O. The Morgan fingerprint density at radius 2 is 2.07 bits per heavy atom. The smallest absolute Gasteiger partial charge is 0.214 e. The average Bonchev–Trinajstić information content (AvgIpc) is 2.65. The van der Waals surface area contributed by atoms with Crippen molar-refractivity contribution in [1.82, 2.24) is 9.78 Å². The van der Waals surface area contributed by atoms with Crippen LogP contribution in [0.3, 0.4) is 0 Å². The van der Waals surface area contributed by atoms with Crippen molar-refractivity contribution >= 4 is 17.4 Å². The van der Waals surface area contributed by atoms with E-state index >= 15 is 0 Å². The van der Waals surface area contributed by atoms with Crippen molar-refractivity contribution in [2.45, 2.75) is 0 Å². The zero-order valence-corrected chi connectivity index (χ0v) is 8.90. The van der Waals surface area contributed by atoms with Crippen LogP contribution >= 0.6 is 11.6 Å². The number of nitrogens with zero attached hydrogens (tertiary/aromatic N) is 2. The van der Waals surface area contributed by atoms with Crippen molar-refractivity contribution in [2.24, 2.45) is 7.05 Å². The van der Waals surface area contributed by atoms with Crippen LogP contribution in [0.4, 0.5) is 0 Å². The molecule has 0 aliphatic carbocycles. The van der Waals surface area contributed by atoms with Gasteiger partial charge in [-0.2, -0.15) is 5.10 Å². The fourth-order valence-corrected chi connectivity index (χ4v) is 1.54. The largest absolute Gasteiger partial charge is 0.287 e. The Morgan fingerprint density at radius 1 is 1.33 bits per heavy atom. The summed E-state index contributed by atoms with van der Waals surface area (Å²) in [6.07, 6.45) is 1.73. The Balaban J connectivity index is 2.41. The summed E-state index contributed by atoms with van der Waals surface area (Å²) >= 11 is 5.92. The van der Waals surface area contributed by atoms with Crippen molar-refractivity contribution in [3.05, 3.63) is 52.8 Å². The molecule has 76 valence electrons. The van der Waals surface area contributed by atoms with E-state index in [9.17, 15) is 4.79 Å². The molecule has 2 aromatic rings. The SMILES string of the molecule is Cn1ccc(C(=O)c2ccccc2Cl)n1. The summed E-state index contributed by atoms with van der Waals surface area (Å²) in [6, 6.07) is 8.63. The number of hydrogen-bond acceptors (Lipinski definition) is 2. The van der Waals surface area contributed by atoms with Gasteiger partial charge in [0.1, 0.15) is 5.69 Å². The van der Waals surface area contributed by atoms with Crippen molar-refractivity contribution in [3.63, 3.8) is 0 Å². The molecule has 3 nitrogen and oxygen atoms in total. The Kier molecular flexibility index (Phi) is 2.56. The average molecular weight is 221 g/mol. The number of halogens is 1. The third kappa shape index (κ3) is 1.92. The topological polar surface area (TPSA) is 34.9 Å². The fraction of sp³-hybridized carbons (Fsp3) is 0.0909. The molecule has 0 aliphatic rings. The predicted octanol–water partition coefficient (Wildman–Crippen LogP) is 2.30. The van der Waals surface area contributed by atoms with E-state index in [1.54, 1.807) is 48.3 Å². The van der Waals surface area contributed by atoms with Crippen LogP contribution in [0.2, 0.25) is 5.02 Å². The van der Waals surface area contributed by atoms with E-state index in [-0.39, 0.29) is 5.78 Å². The first kappa shape index (κ1) is 9.93. The molecule has 0 saturated carbocycles. The minimum absolute atomic E-state index is 0.152. The number of hydrogen-bond donors (Lipinski definition) is 0. The minimum atomic E-state index is -0.152. The predicted molar refractivity (Wildman–Crippen MR) is 58.1 cm³/mol. The molecule has 1 aromatic heterocycles. The molecule has 2 rings (SSSR count). The van der Waals surface area contributed by atoms with Gasteiger partial charge in [-0.15, -0.1) is 0 Å². The number of benzene rings is 1. The molecule has 0 aliphatic heterocycles. The number of aromatic nitrogens is 2. The van der Waals surface area contributed by atoms with Gasteiger partial charge in [0, 0.05) is 18.8 Å². The molecule has 0 spiro atoms. The van der Waals surface area contributed by atoms with Gasteiger partial charge in [0.05, 0.1) is 5.02 Å². The maximum absolute atomic E-state index is 11.9. The van der Waals surface area contributed by atoms with Crippen LogP contribution in [0.1, 0.15) is 16.1 Å². The lowest BCUT2D eigenvalue weighted by molar-refractivity contribution is 0.103. The molecule has 4 heteroatoms. The maximum atomic E-state index is 11.9. The van der Waals surface area contributed by atoms with Crippen LogP contribution in [0.5, 0.6) is 0 Å². The molecule has 0 amide bonds. The lowest BCUT2D eigenvalue weighted by Crippen LogP contribution is -2.03. The first-order chi connectivity index (χ1) is 7.18. The zero-order valence-electron chi connectivity index (χ0n) is 8.14. The van der Waals surface area contributed by atoms with Crippen LogP contribution in [-0.4, -0.2) is 15.6 Å². The summed E-state index contributed by atoms with van der Waals surface area (Å²) in [6.45, 7) is 0. The highest BCUT2D eigenvalue weighted by Crippen LogP contribution is 2.17. The Morgan fingerprint density at radius 3 is 2.67 bits per heavy atom. The van der Waals surface area contributed by atoms with Crippen LogP contribution in [0.25, 0.3) is 0 Å². The maximum Gasteiger partial charge on any atom is 0.214 e. The second-order valence-corrected chi connectivity index (χ2v) is 3.59. The Hall–Kier alpha value is -1.61. The van der Waals surface area contributed by atoms with E-state index in [0.29, 0.717) is 16.3 Å². The number of ketones is 1. The lowest BCUT2D eigenvalue weighted by Gasteiger charge is -1.99. The van der Waals surface area contributed by atoms with Crippen LogP contribution in [-0.2, 0) is 7.05 Å². The van der Waals surface area contributed by atoms with Crippen molar-refractivity contribution in [3.8, 4) is 0 Å². The minimum Gasteiger partial charge on any atom is -0.287 e. The Labute approximate surface area is 92.3 Å². The van der Waals surface area contributed by atoms with E-state index in [2.05, 4.69) is 5.10 Å². The first-order valence-electron chi connectivity index (χ1n) is 4.47. The molecule has 0 radical (unpaired) electrons. The highest BCUT2D eigenvalue weighted by atomic mass is 35.5. The normalized spacial score (nSPS) is 10.3. The summed E-state index contributed by atoms with van der Waals surface area (Å²) in [5.41, 5.74) is 0.892. The summed E-state index contributed by atoms with van der Waals surface area (Å²) in [7, 11) is 1.77. The van der Waals surface area contributed by atoms with E-state index in [1.807, 2.05) is 0 Å². The monoisotopic (exact) mass is 220 g/mol. The van der Waals surface area contributed by atoms with E-state index in [0.717, 1.165) is 0 Å². The Bertz CT molecular complexity index is 505. The highest BCUT2D eigenvalue weighted by molar-refractivity contribution is 6.34. The van der Waals surface area contributed by atoms with Gasteiger partial charge in [-0.3, -0.25) is 9.48 Å². The summed E-state index contributed by atoms with van der Waals surface area (Å²) < 4.78 is 1.59. The molecule has 1 heterocycles. The van der Waals surface area contributed by atoms with Gasteiger partial charge in [-0.1, -0.05) is 23.7 Å². The van der Waals surface area contributed by atoms with Crippen LogP contribution in [0.15, 0.2) is 36.5 Å². The second kappa shape index (κ2) is 3.87. The fourth-order valence-electron chi connectivity index (χ4n) is 1.32. The number of rotatable bonds is 2. The summed E-state index contributed by atoms with van der Waals surface area (Å²) in [5, 5.41) is 4.49. The lowest BCUT2D eigenvalue weighted by atomic mass is 10.1. The molecule has 0 N–H and O–H groups in total. The molecule has 0 fully saturated rings. The third-order valence-electron chi connectivity index (χ3n) is 2.06. The van der Waals surface area contributed by atoms with Gasteiger partial charge in [-0.25, -0.2) is 0 Å². The van der Waals surface area contributed by atoms with Gasteiger partial charge >= 0.3 is 0 Å². The summed E-state index contributed by atoms with van der Waals surface area (Å²) in [4.78, 5) is 11.9. The van der Waals surface area contributed by atoms with Crippen LogP contribution in [0, 0.1) is 0 Å². The first-order valence-corrected chi connectivity index (χ1v) is 4.85. The van der Waals surface area contributed by atoms with Gasteiger partial charge in [0.2, 0.25) is 5.78 Å². The van der Waals surface area contributed by atoms with Crippen molar-refractivity contribution in [2.75, 3.05) is 0 Å².